The summed E-state index contributed by atoms with van der Waals surface area (Å²) < 4.78 is 9.96. The van der Waals surface area contributed by atoms with Gasteiger partial charge in [-0.3, -0.25) is 19.2 Å². The van der Waals surface area contributed by atoms with E-state index in [4.69, 9.17) is 9.47 Å². The third kappa shape index (κ3) is 17.5. The van der Waals surface area contributed by atoms with Crippen LogP contribution in [0.2, 0.25) is 0 Å². The van der Waals surface area contributed by atoms with Crippen molar-refractivity contribution >= 4 is 47.3 Å². The quantitative estimate of drug-likeness (QED) is 0.198. The van der Waals surface area contributed by atoms with Crippen LogP contribution in [0.5, 0.6) is 0 Å². The van der Waals surface area contributed by atoms with Crippen molar-refractivity contribution in [3.8, 4) is 0 Å². The highest BCUT2D eigenvalue weighted by Gasteiger charge is 2.05. The molecule has 2 amide bonds. The first-order valence-electron chi connectivity index (χ1n) is 8.76. The zero-order valence-electron chi connectivity index (χ0n) is 15.9. The van der Waals surface area contributed by atoms with Crippen molar-refractivity contribution in [1.82, 2.24) is 10.6 Å². The molecule has 0 aliphatic heterocycles. The summed E-state index contributed by atoms with van der Waals surface area (Å²) in [6, 6.07) is 0. The number of thioether (sulfide) groups is 2. The van der Waals surface area contributed by atoms with Gasteiger partial charge in [-0.15, -0.1) is 0 Å². The summed E-state index contributed by atoms with van der Waals surface area (Å²) in [5.74, 6) is 1.89. The molecule has 0 aromatic rings. The molecule has 158 valence electrons. The van der Waals surface area contributed by atoms with Crippen LogP contribution in [0.15, 0.2) is 25.3 Å². The first-order chi connectivity index (χ1) is 13.5. The number of ether oxygens (including phenoxy) is 2. The normalized spacial score (nSPS) is 9.86. The molecule has 0 aliphatic carbocycles. The van der Waals surface area contributed by atoms with E-state index < -0.39 is 0 Å². The maximum atomic E-state index is 11.5. The highest BCUT2D eigenvalue weighted by Crippen LogP contribution is 2.10. The van der Waals surface area contributed by atoms with E-state index in [0.29, 0.717) is 24.3 Å². The molecule has 0 heterocycles. The SMILES string of the molecule is C=CC(=O)NCCOC(=O)CCSCCSCCC(=O)OCCNC(=O)C=C. The second kappa shape index (κ2) is 18.4. The smallest absolute Gasteiger partial charge is 0.306 e. The fourth-order valence-corrected chi connectivity index (χ4v) is 3.57. The Labute approximate surface area is 174 Å². The van der Waals surface area contributed by atoms with Gasteiger partial charge in [-0.1, -0.05) is 13.2 Å². The molecule has 2 N–H and O–H groups in total. The topological polar surface area (TPSA) is 111 Å². The molecule has 10 heteroatoms. The molecule has 28 heavy (non-hydrogen) atoms. The summed E-state index contributed by atoms with van der Waals surface area (Å²) in [5.41, 5.74) is 0. The van der Waals surface area contributed by atoms with Crippen LogP contribution in [0.3, 0.4) is 0 Å². The van der Waals surface area contributed by atoms with Crippen molar-refractivity contribution in [3.05, 3.63) is 25.3 Å². The minimum Gasteiger partial charge on any atom is -0.464 e. The van der Waals surface area contributed by atoms with E-state index >= 15 is 0 Å². The zero-order chi connectivity index (χ0) is 21.0. The lowest BCUT2D eigenvalue weighted by atomic mass is 10.5. The molecule has 0 radical (unpaired) electrons. The molecule has 8 nitrogen and oxygen atoms in total. The Kier molecular flexibility index (Phi) is 17.1. The number of rotatable bonds is 17. The Morgan fingerprint density at radius 2 is 1.11 bits per heavy atom. The molecule has 0 aromatic carbocycles. The molecule has 0 aromatic heterocycles. The number of hydrogen-bond acceptors (Lipinski definition) is 8. The van der Waals surface area contributed by atoms with Crippen molar-refractivity contribution < 1.29 is 28.7 Å². The molecule has 0 saturated heterocycles. The Morgan fingerprint density at radius 3 is 1.46 bits per heavy atom. The molecule has 0 spiro atoms. The van der Waals surface area contributed by atoms with Crippen LogP contribution in [-0.2, 0) is 28.7 Å². The van der Waals surface area contributed by atoms with Gasteiger partial charge in [-0.25, -0.2) is 0 Å². The Bertz CT molecular complexity index is 482. The third-order valence-electron chi connectivity index (χ3n) is 2.97. The van der Waals surface area contributed by atoms with E-state index in [9.17, 15) is 19.2 Å². The van der Waals surface area contributed by atoms with Crippen molar-refractivity contribution in [2.45, 2.75) is 12.8 Å². The zero-order valence-corrected chi connectivity index (χ0v) is 17.5. The van der Waals surface area contributed by atoms with Crippen molar-refractivity contribution in [2.24, 2.45) is 0 Å². The highest BCUT2D eigenvalue weighted by atomic mass is 32.2. The minimum atomic E-state index is -0.297. The predicted octanol–water partition coefficient (Wildman–Crippen LogP) is 0.924. The lowest BCUT2D eigenvalue weighted by molar-refractivity contribution is -0.144. The molecule has 0 bridgehead atoms. The van der Waals surface area contributed by atoms with Crippen LogP contribution < -0.4 is 10.6 Å². The van der Waals surface area contributed by atoms with Gasteiger partial charge in [-0.2, -0.15) is 23.5 Å². The predicted molar refractivity (Wildman–Crippen MR) is 112 cm³/mol. The Morgan fingerprint density at radius 1 is 0.714 bits per heavy atom. The van der Waals surface area contributed by atoms with Gasteiger partial charge in [0.25, 0.3) is 0 Å². The number of amides is 2. The van der Waals surface area contributed by atoms with Crippen LogP contribution >= 0.6 is 23.5 Å². The van der Waals surface area contributed by atoms with E-state index in [1.807, 2.05) is 0 Å². The monoisotopic (exact) mass is 432 g/mol. The summed E-state index contributed by atoms with van der Waals surface area (Å²) in [5, 5.41) is 5.03. The fourth-order valence-electron chi connectivity index (χ4n) is 1.60. The van der Waals surface area contributed by atoms with E-state index in [1.54, 1.807) is 23.5 Å². The second-order valence-corrected chi connectivity index (χ2v) is 7.61. The number of hydrogen-bond donors (Lipinski definition) is 2. The number of carbonyl (C=O) groups excluding carboxylic acids is 4. The van der Waals surface area contributed by atoms with Gasteiger partial charge in [-0.05, 0) is 12.2 Å². The maximum Gasteiger partial charge on any atom is 0.306 e. The third-order valence-corrected chi connectivity index (χ3v) is 5.20. The van der Waals surface area contributed by atoms with Crippen LogP contribution in [0.25, 0.3) is 0 Å². The molecule has 0 saturated carbocycles. The number of esters is 2. The minimum absolute atomic E-state index is 0.148. The standard InChI is InChI=1S/C18H28N2O6S2/c1-3-15(21)19-7-9-25-17(23)5-11-27-13-14-28-12-6-18(24)26-10-8-20-16(22)4-2/h3-4H,1-2,5-14H2,(H,19,21)(H,20,22). The van der Waals surface area contributed by atoms with E-state index in [1.165, 1.54) is 0 Å². The van der Waals surface area contributed by atoms with Crippen LogP contribution in [-0.4, -0.2) is 73.1 Å². The highest BCUT2D eigenvalue weighted by molar-refractivity contribution is 8.02. The summed E-state index contributed by atoms with van der Waals surface area (Å²) in [7, 11) is 0. The lowest BCUT2D eigenvalue weighted by Crippen LogP contribution is -2.26. The van der Waals surface area contributed by atoms with Gasteiger partial charge in [0.05, 0.1) is 25.9 Å². The van der Waals surface area contributed by atoms with E-state index in [2.05, 4.69) is 23.8 Å². The molecular formula is C18H28N2O6S2. The molecule has 0 atom stereocenters. The van der Waals surface area contributed by atoms with Gasteiger partial charge >= 0.3 is 11.9 Å². The van der Waals surface area contributed by atoms with Gasteiger partial charge in [0, 0.05) is 23.0 Å². The van der Waals surface area contributed by atoms with E-state index in [-0.39, 0.29) is 50.1 Å². The largest absolute Gasteiger partial charge is 0.464 e. The Balaban J connectivity index is 3.38. The Hall–Kier alpha value is -1.94. The van der Waals surface area contributed by atoms with Crippen LogP contribution in [0.1, 0.15) is 12.8 Å². The number of carbonyl (C=O) groups is 4. The average Bonchev–Trinajstić information content (AvgIpc) is 2.69. The van der Waals surface area contributed by atoms with Gasteiger partial charge in [0.15, 0.2) is 0 Å². The first-order valence-corrected chi connectivity index (χ1v) is 11.1. The summed E-state index contributed by atoms with van der Waals surface area (Å²) in [4.78, 5) is 44.7. The summed E-state index contributed by atoms with van der Waals surface area (Å²) in [6.07, 6.45) is 2.95. The van der Waals surface area contributed by atoms with Crippen LogP contribution in [0.4, 0.5) is 0 Å². The summed E-state index contributed by atoms with van der Waals surface area (Å²) >= 11 is 3.28. The van der Waals surface area contributed by atoms with Crippen LogP contribution in [0, 0.1) is 0 Å². The maximum absolute atomic E-state index is 11.5. The molecule has 0 aliphatic rings. The van der Waals surface area contributed by atoms with Crippen molar-refractivity contribution in [2.75, 3.05) is 49.3 Å². The number of nitrogens with one attached hydrogen (secondary N) is 2. The van der Waals surface area contributed by atoms with Gasteiger partial charge < -0.3 is 20.1 Å². The molecule has 0 rings (SSSR count). The van der Waals surface area contributed by atoms with Gasteiger partial charge in [0.2, 0.25) is 11.8 Å². The van der Waals surface area contributed by atoms with Gasteiger partial charge in [0.1, 0.15) is 13.2 Å². The second-order valence-electron chi connectivity index (χ2n) is 5.16. The average molecular weight is 433 g/mol. The first kappa shape index (κ1) is 26.1. The van der Waals surface area contributed by atoms with E-state index in [0.717, 1.165) is 23.7 Å². The van der Waals surface area contributed by atoms with Crippen molar-refractivity contribution in [3.63, 3.8) is 0 Å². The summed E-state index contributed by atoms with van der Waals surface area (Å²) in [6.45, 7) is 7.48. The lowest BCUT2D eigenvalue weighted by Gasteiger charge is -2.06. The fraction of sp³-hybridized carbons (Fsp3) is 0.556. The molecular weight excluding hydrogens is 404 g/mol. The molecule has 0 unspecified atom stereocenters. The molecule has 0 fully saturated rings. The van der Waals surface area contributed by atoms with Crippen molar-refractivity contribution in [1.29, 1.82) is 0 Å².